The number of halogens is 4. The number of rotatable bonds is 4. The van der Waals surface area contributed by atoms with E-state index in [4.69, 9.17) is 11.6 Å². The van der Waals surface area contributed by atoms with Crippen LogP contribution >= 0.6 is 11.6 Å². The van der Waals surface area contributed by atoms with Crippen molar-refractivity contribution in [3.63, 3.8) is 0 Å². The monoisotopic (exact) mass is 362 g/mol. The standard InChI is InChI=1S/C13H10ClF3N4O3/c1-7-11(14)12(13(15,16)17)19-20(7)6-10(22)18-8-2-4-9(5-3-8)21(23)24/h2-5H,6H2,1H3,(H,18,22). The fraction of sp³-hybridized carbons (Fsp3) is 0.231. The third kappa shape index (κ3) is 3.82. The number of anilines is 1. The molecule has 1 aromatic heterocycles. The summed E-state index contributed by atoms with van der Waals surface area (Å²) >= 11 is 5.59. The van der Waals surface area contributed by atoms with Gasteiger partial charge in [0.2, 0.25) is 5.91 Å². The number of nitro groups is 1. The Labute approximate surface area is 138 Å². The summed E-state index contributed by atoms with van der Waals surface area (Å²) in [5.74, 6) is -0.653. The molecule has 2 aromatic rings. The van der Waals surface area contributed by atoms with Gasteiger partial charge in [0.15, 0.2) is 5.69 Å². The van der Waals surface area contributed by atoms with Crippen molar-refractivity contribution in [2.24, 2.45) is 0 Å². The highest BCUT2D eigenvalue weighted by Gasteiger charge is 2.38. The van der Waals surface area contributed by atoms with E-state index in [0.717, 1.165) is 4.68 Å². The van der Waals surface area contributed by atoms with E-state index in [2.05, 4.69) is 10.4 Å². The Bertz CT molecular complexity index is 787. The van der Waals surface area contributed by atoms with Gasteiger partial charge in [0.25, 0.3) is 5.69 Å². The Morgan fingerprint density at radius 2 is 1.96 bits per heavy atom. The summed E-state index contributed by atoms with van der Waals surface area (Å²) in [5.41, 5.74) is -1.15. The Balaban J connectivity index is 2.11. The molecule has 1 N–H and O–H groups in total. The lowest BCUT2D eigenvalue weighted by Gasteiger charge is -2.06. The van der Waals surface area contributed by atoms with Gasteiger partial charge in [-0.1, -0.05) is 11.6 Å². The molecule has 0 atom stereocenters. The van der Waals surface area contributed by atoms with E-state index in [-0.39, 0.29) is 17.1 Å². The van der Waals surface area contributed by atoms with Crippen molar-refractivity contribution in [1.82, 2.24) is 9.78 Å². The van der Waals surface area contributed by atoms with Gasteiger partial charge in [-0.2, -0.15) is 18.3 Å². The van der Waals surface area contributed by atoms with Crippen molar-refractivity contribution in [2.45, 2.75) is 19.6 Å². The molecule has 0 radical (unpaired) electrons. The van der Waals surface area contributed by atoms with Crippen LogP contribution in [0, 0.1) is 17.0 Å². The molecule has 1 heterocycles. The molecule has 0 aliphatic carbocycles. The van der Waals surface area contributed by atoms with Crippen molar-refractivity contribution in [1.29, 1.82) is 0 Å². The van der Waals surface area contributed by atoms with Gasteiger partial charge in [-0.3, -0.25) is 19.6 Å². The molecular weight excluding hydrogens is 353 g/mol. The minimum atomic E-state index is -4.72. The number of alkyl halides is 3. The number of amides is 1. The number of nitro benzene ring substituents is 1. The summed E-state index contributed by atoms with van der Waals surface area (Å²) in [6.07, 6.45) is -4.72. The third-order valence-corrected chi connectivity index (χ3v) is 3.51. The van der Waals surface area contributed by atoms with Gasteiger partial charge in [-0.15, -0.1) is 0 Å². The first-order valence-electron chi connectivity index (χ1n) is 6.44. The third-order valence-electron chi connectivity index (χ3n) is 3.06. The summed E-state index contributed by atoms with van der Waals surface area (Å²) in [4.78, 5) is 21.8. The van der Waals surface area contributed by atoms with E-state index in [1.807, 2.05) is 0 Å². The zero-order valence-corrected chi connectivity index (χ0v) is 12.9. The first kappa shape index (κ1) is 17.7. The number of nitrogens with zero attached hydrogens (tertiary/aromatic N) is 3. The number of hydrogen-bond acceptors (Lipinski definition) is 4. The van der Waals surface area contributed by atoms with Crippen LogP contribution in [0.25, 0.3) is 0 Å². The quantitative estimate of drug-likeness (QED) is 0.666. The molecular formula is C13H10ClF3N4O3. The van der Waals surface area contributed by atoms with Crippen LogP contribution < -0.4 is 5.32 Å². The molecule has 0 aliphatic heterocycles. The summed E-state index contributed by atoms with van der Waals surface area (Å²) in [6, 6.07) is 4.99. The fourth-order valence-corrected chi connectivity index (χ4v) is 2.10. The van der Waals surface area contributed by atoms with Crippen LogP contribution in [0.3, 0.4) is 0 Å². The summed E-state index contributed by atoms with van der Waals surface area (Å²) in [5, 5.41) is 15.7. The summed E-state index contributed by atoms with van der Waals surface area (Å²) in [6.45, 7) is 0.822. The maximum atomic E-state index is 12.7. The van der Waals surface area contributed by atoms with Gasteiger partial charge in [-0.25, -0.2) is 0 Å². The van der Waals surface area contributed by atoms with Crippen LogP contribution in [0.1, 0.15) is 11.4 Å². The number of carbonyl (C=O) groups excluding carboxylic acids is 1. The molecule has 0 fully saturated rings. The van der Waals surface area contributed by atoms with Gasteiger partial charge in [0.05, 0.1) is 15.6 Å². The molecule has 1 aromatic carbocycles. The number of benzene rings is 1. The van der Waals surface area contributed by atoms with Crippen molar-refractivity contribution < 1.29 is 22.9 Å². The Morgan fingerprint density at radius 1 is 1.38 bits per heavy atom. The van der Waals surface area contributed by atoms with E-state index in [0.29, 0.717) is 0 Å². The van der Waals surface area contributed by atoms with Gasteiger partial charge in [0.1, 0.15) is 6.54 Å². The maximum absolute atomic E-state index is 12.7. The molecule has 0 saturated heterocycles. The van der Waals surface area contributed by atoms with E-state index < -0.39 is 34.3 Å². The predicted octanol–water partition coefficient (Wildman–Crippen LogP) is 3.41. The highest BCUT2D eigenvalue weighted by atomic mass is 35.5. The first-order valence-corrected chi connectivity index (χ1v) is 6.82. The van der Waals surface area contributed by atoms with E-state index in [9.17, 15) is 28.1 Å². The van der Waals surface area contributed by atoms with Crippen LogP contribution in [-0.4, -0.2) is 20.6 Å². The minimum absolute atomic E-state index is 0.00263. The van der Waals surface area contributed by atoms with Crippen LogP contribution in [0.15, 0.2) is 24.3 Å². The molecule has 128 valence electrons. The average molecular weight is 363 g/mol. The van der Waals surface area contributed by atoms with E-state index >= 15 is 0 Å². The molecule has 7 nitrogen and oxygen atoms in total. The van der Waals surface area contributed by atoms with E-state index in [1.54, 1.807) is 0 Å². The van der Waals surface area contributed by atoms with Crippen LogP contribution in [-0.2, 0) is 17.5 Å². The van der Waals surface area contributed by atoms with Crippen LogP contribution in [0.4, 0.5) is 24.5 Å². The molecule has 0 bridgehead atoms. The van der Waals surface area contributed by atoms with Gasteiger partial charge in [0, 0.05) is 17.8 Å². The molecule has 0 unspecified atom stereocenters. The predicted molar refractivity (Wildman–Crippen MR) is 78.7 cm³/mol. The molecule has 24 heavy (non-hydrogen) atoms. The van der Waals surface area contributed by atoms with Gasteiger partial charge < -0.3 is 5.32 Å². The zero-order valence-electron chi connectivity index (χ0n) is 12.1. The van der Waals surface area contributed by atoms with Gasteiger partial charge in [-0.05, 0) is 19.1 Å². The number of hydrogen-bond donors (Lipinski definition) is 1. The van der Waals surface area contributed by atoms with Crippen molar-refractivity contribution in [3.05, 3.63) is 50.8 Å². The number of nitrogens with one attached hydrogen (secondary N) is 1. The second-order valence-corrected chi connectivity index (χ2v) is 5.13. The normalized spacial score (nSPS) is 11.4. The highest BCUT2D eigenvalue weighted by Crippen LogP contribution is 2.35. The zero-order chi connectivity index (χ0) is 18.1. The Hall–Kier alpha value is -2.62. The smallest absolute Gasteiger partial charge is 0.324 e. The van der Waals surface area contributed by atoms with Crippen LogP contribution in [0.2, 0.25) is 5.02 Å². The van der Waals surface area contributed by atoms with Crippen LogP contribution in [0.5, 0.6) is 0 Å². The first-order chi connectivity index (χ1) is 11.1. The molecule has 0 aliphatic rings. The lowest BCUT2D eigenvalue weighted by atomic mass is 10.3. The fourth-order valence-electron chi connectivity index (χ4n) is 1.86. The average Bonchev–Trinajstić information content (AvgIpc) is 2.76. The molecule has 1 amide bonds. The molecule has 11 heteroatoms. The number of aromatic nitrogens is 2. The molecule has 0 spiro atoms. The lowest BCUT2D eigenvalue weighted by molar-refractivity contribution is -0.384. The Morgan fingerprint density at radius 3 is 2.42 bits per heavy atom. The van der Waals surface area contributed by atoms with Crippen molar-refractivity contribution in [3.8, 4) is 0 Å². The summed E-state index contributed by atoms with van der Waals surface area (Å²) < 4.78 is 39.0. The van der Waals surface area contributed by atoms with Crippen molar-refractivity contribution >= 4 is 28.9 Å². The minimum Gasteiger partial charge on any atom is -0.324 e. The summed E-state index contributed by atoms with van der Waals surface area (Å²) in [7, 11) is 0. The molecule has 0 saturated carbocycles. The highest BCUT2D eigenvalue weighted by molar-refractivity contribution is 6.32. The second kappa shape index (κ2) is 6.48. The lowest BCUT2D eigenvalue weighted by Crippen LogP contribution is -2.20. The maximum Gasteiger partial charge on any atom is 0.436 e. The second-order valence-electron chi connectivity index (χ2n) is 4.76. The largest absolute Gasteiger partial charge is 0.436 e. The SMILES string of the molecule is Cc1c(Cl)c(C(F)(F)F)nn1CC(=O)Nc1ccc([N+](=O)[O-])cc1. The van der Waals surface area contributed by atoms with E-state index in [1.165, 1.54) is 31.2 Å². The number of carbonyl (C=O) groups is 1. The number of non-ortho nitro benzene ring substituents is 1. The topological polar surface area (TPSA) is 90.1 Å². The molecule has 2 rings (SSSR count). The van der Waals surface area contributed by atoms with Crippen molar-refractivity contribution in [2.75, 3.05) is 5.32 Å². The Kier molecular flexibility index (Phi) is 4.78. The van der Waals surface area contributed by atoms with Gasteiger partial charge >= 0.3 is 6.18 Å².